The molecule has 6 nitrogen and oxygen atoms in total. The third-order valence-electron chi connectivity index (χ3n) is 7.52. The lowest BCUT2D eigenvalue weighted by atomic mass is 9.92. The van der Waals surface area contributed by atoms with Crippen molar-refractivity contribution in [2.24, 2.45) is 0 Å². The van der Waals surface area contributed by atoms with Crippen LogP contribution in [-0.4, -0.2) is 33.9 Å². The minimum atomic E-state index is -5.93. The zero-order valence-electron chi connectivity index (χ0n) is 26.0. The van der Waals surface area contributed by atoms with Gasteiger partial charge in [-0.3, -0.25) is 0 Å². The third kappa shape index (κ3) is 8.03. The number of halogens is 12. The molecule has 0 saturated carbocycles. The Bertz CT molecular complexity index is 2170. The van der Waals surface area contributed by atoms with Gasteiger partial charge in [-0.05, 0) is 40.5 Å². The van der Waals surface area contributed by atoms with Crippen molar-refractivity contribution >= 4 is 34.4 Å². The molecular weight excluding hydrogens is 780 g/mol. The van der Waals surface area contributed by atoms with Crippen molar-refractivity contribution in [3.63, 3.8) is 0 Å². The highest BCUT2D eigenvalue weighted by Crippen LogP contribution is 2.46. The molecule has 4 aromatic carbocycles. The van der Waals surface area contributed by atoms with E-state index in [1.165, 1.54) is 0 Å². The van der Waals surface area contributed by atoms with Crippen molar-refractivity contribution in [2.45, 2.75) is 29.5 Å². The number of hydrogen-bond donors (Lipinski definition) is 2. The molecule has 0 aliphatic carbocycles. The number of carboxylic acids is 1. The zero-order chi connectivity index (χ0) is 39.3. The molecule has 20 heteroatoms. The lowest BCUT2D eigenvalue weighted by molar-refractivity contribution is -0.289. The fourth-order valence-corrected chi connectivity index (χ4v) is 6.88. The molecule has 280 valence electrons. The average molecular weight is 799 g/mol. The first-order chi connectivity index (χ1) is 24.5. The molecule has 0 spiro atoms. The smallest absolute Gasteiger partial charge is 0.458 e. The summed E-state index contributed by atoms with van der Waals surface area (Å²) in [6.07, 6.45) is -16.3. The van der Waals surface area contributed by atoms with Crippen LogP contribution in [0.15, 0.2) is 83.2 Å². The van der Waals surface area contributed by atoms with Crippen LogP contribution < -0.4 is 9.46 Å². The third-order valence-corrected chi connectivity index (χ3v) is 9.54. The number of aromatic nitrogens is 1. The summed E-state index contributed by atoms with van der Waals surface area (Å²) in [5, 5.41) is 9.48. The van der Waals surface area contributed by atoms with Gasteiger partial charge in [0, 0.05) is 17.2 Å². The summed E-state index contributed by atoms with van der Waals surface area (Å²) < 4.78 is 186. The molecule has 0 fully saturated rings. The Balaban J connectivity index is 1.49. The zero-order valence-corrected chi connectivity index (χ0v) is 27.6. The fourth-order valence-electron chi connectivity index (χ4n) is 4.96. The van der Waals surface area contributed by atoms with Crippen molar-refractivity contribution < 1.29 is 71.9 Å². The molecule has 0 amide bonds. The number of alkyl halides is 11. The predicted molar refractivity (Wildman–Crippen MR) is 168 cm³/mol. The molecule has 1 aromatic heterocycles. The van der Waals surface area contributed by atoms with E-state index in [0.29, 0.717) is 41.7 Å². The van der Waals surface area contributed by atoms with Gasteiger partial charge < -0.3 is 14.4 Å². The molecule has 1 atom stereocenters. The number of carboxylic acid groups (broad SMARTS) is 1. The second kappa shape index (κ2) is 14.1. The first kappa shape index (κ1) is 39.3. The van der Waals surface area contributed by atoms with Crippen molar-refractivity contribution in [2.75, 3.05) is 11.8 Å². The van der Waals surface area contributed by atoms with E-state index in [4.69, 9.17) is 9.84 Å². The van der Waals surface area contributed by atoms with E-state index in [-0.39, 0.29) is 32.6 Å². The Hall–Kier alpha value is -4.95. The van der Waals surface area contributed by atoms with E-state index in [2.05, 4.69) is 9.71 Å². The number of nitrogens with one attached hydrogen (secondary N) is 1. The second-order valence-corrected chi connectivity index (χ2v) is 12.9. The van der Waals surface area contributed by atoms with Gasteiger partial charge in [0.15, 0.2) is 0 Å². The van der Waals surface area contributed by atoms with E-state index in [1.54, 1.807) is 0 Å². The molecule has 2 N–H and O–H groups in total. The minimum absolute atomic E-state index is 0.192. The number of aromatic carboxylic acids is 1. The summed E-state index contributed by atoms with van der Waals surface area (Å²) in [7, 11) is 1.11. The van der Waals surface area contributed by atoms with E-state index in [0.717, 1.165) is 55.0 Å². The molecule has 1 unspecified atom stereocenters. The number of benzene rings is 4. The predicted octanol–water partition coefficient (Wildman–Crippen LogP) is 10.8. The van der Waals surface area contributed by atoms with Crippen molar-refractivity contribution in [3.8, 4) is 38.6 Å². The van der Waals surface area contributed by atoms with E-state index < -0.39 is 86.5 Å². The molecule has 0 aliphatic heterocycles. The molecule has 5 rings (SSSR count). The van der Waals surface area contributed by atoms with Crippen molar-refractivity contribution in [1.82, 2.24) is 4.98 Å². The molecular formula is C33H18F12N2O4S2. The summed E-state index contributed by atoms with van der Waals surface area (Å²) in [6, 6.07) is 8.32. The summed E-state index contributed by atoms with van der Waals surface area (Å²) in [5.41, 5.74) is -7.74. The van der Waals surface area contributed by atoms with Crippen LogP contribution in [0, 0.1) is 5.82 Å². The Kier molecular flexibility index (Phi) is 10.5. The van der Waals surface area contributed by atoms with Crippen LogP contribution in [0.5, 0.6) is 5.75 Å². The molecule has 0 saturated heterocycles. The van der Waals surface area contributed by atoms with Crippen molar-refractivity contribution in [3.05, 3.63) is 106 Å². The molecule has 53 heavy (non-hydrogen) atoms. The number of methoxy groups -OCH3 is 1. The lowest BCUT2D eigenvalue weighted by Gasteiger charge is -2.20. The maximum atomic E-state index is 14.4. The van der Waals surface area contributed by atoms with Crippen LogP contribution >= 0.6 is 11.3 Å². The van der Waals surface area contributed by atoms with Gasteiger partial charge in [0.25, 0.3) is 5.03 Å². The van der Waals surface area contributed by atoms with E-state index in [9.17, 15) is 62.0 Å². The van der Waals surface area contributed by atoms with Gasteiger partial charge in [-0.25, -0.2) is 9.18 Å². The number of carbonyl (C=O) groups is 1. The van der Waals surface area contributed by atoms with E-state index in [1.807, 2.05) is 0 Å². The average Bonchev–Trinajstić information content (AvgIpc) is 3.57. The number of ether oxygens (including phenoxy) is 1. The molecule has 0 radical (unpaired) electrons. The fraction of sp³-hybridized carbons (Fsp3) is 0.152. The summed E-state index contributed by atoms with van der Waals surface area (Å²) in [5.74, 6) is -8.32. The SMILES string of the molecule is COc1cc(C(=O)O)c(F)cc1N[S+]([O-])c1csc(-c2ccc(-c3ccc(-c4ccc(C(F)(F)C(F)(F)F)cc4)cc3C(F)(F)F)cc2C(F)(F)F)n1. The number of anilines is 1. The van der Waals surface area contributed by atoms with Gasteiger partial charge in [-0.1, -0.05) is 48.5 Å². The Morgan fingerprint density at radius 2 is 1.34 bits per heavy atom. The van der Waals surface area contributed by atoms with Crippen LogP contribution in [0.3, 0.4) is 0 Å². The van der Waals surface area contributed by atoms with Crippen LogP contribution in [0.2, 0.25) is 0 Å². The van der Waals surface area contributed by atoms with Gasteiger partial charge in [0.05, 0.1) is 29.2 Å². The van der Waals surface area contributed by atoms with Gasteiger partial charge in [0.2, 0.25) is 0 Å². The van der Waals surface area contributed by atoms with Gasteiger partial charge >= 0.3 is 30.4 Å². The first-order valence-electron chi connectivity index (χ1n) is 14.3. The molecule has 0 aliphatic rings. The Morgan fingerprint density at radius 3 is 1.91 bits per heavy atom. The van der Waals surface area contributed by atoms with Gasteiger partial charge in [0.1, 0.15) is 33.6 Å². The van der Waals surface area contributed by atoms with Gasteiger partial charge in [-0.15, -0.1) is 11.3 Å². The molecule has 0 bridgehead atoms. The summed E-state index contributed by atoms with van der Waals surface area (Å²) in [6.45, 7) is 0. The number of thiazole rings is 1. The minimum Gasteiger partial charge on any atom is -0.587 e. The van der Waals surface area contributed by atoms with Crippen molar-refractivity contribution in [1.29, 1.82) is 0 Å². The van der Waals surface area contributed by atoms with Gasteiger partial charge in [-0.2, -0.15) is 58.0 Å². The van der Waals surface area contributed by atoms with Crippen LogP contribution in [0.4, 0.5) is 58.4 Å². The monoisotopic (exact) mass is 798 g/mol. The maximum absolute atomic E-state index is 14.4. The Morgan fingerprint density at radius 1 is 0.792 bits per heavy atom. The summed E-state index contributed by atoms with van der Waals surface area (Å²) >= 11 is -1.78. The van der Waals surface area contributed by atoms with Crippen LogP contribution in [-0.2, 0) is 29.6 Å². The largest absolute Gasteiger partial charge is 0.587 e. The highest BCUT2D eigenvalue weighted by atomic mass is 32.2. The second-order valence-electron chi connectivity index (χ2n) is 10.9. The number of nitrogens with zero attached hydrogens (tertiary/aromatic N) is 1. The molecule has 5 aromatic rings. The molecule has 1 heterocycles. The topological polar surface area (TPSA) is 94.5 Å². The van der Waals surface area contributed by atoms with E-state index >= 15 is 0 Å². The quantitative estimate of drug-likeness (QED) is 0.114. The standard InChI is InChI=1S/C33H18F12N2O4S2/c1-51-26-12-21(29(48)49)24(34)13-25(26)47-53(50)27-14-52-28(46-27)20-9-5-17(11-23(20)32(40,41)42)19-8-4-16(10-22(19)31(37,38)39)15-2-6-18(7-3-15)30(35,36)33(43,44)45/h2-14,47H,1H3,(H,48,49). The van der Waals surface area contributed by atoms with Crippen LogP contribution in [0.1, 0.15) is 27.0 Å². The number of rotatable bonds is 9. The number of hydrogen-bond acceptors (Lipinski definition) is 6. The normalized spacial score (nSPS) is 13.2. The van der Waals surface area contributed by atoms with Crippen LogP contribution in [0.25, 0.3) is 32.8 Å². The Labute approximate surface area is 297 Å². The lowest BCUT2D eigenvalue weighted by Crippen LogP contribution is -2.33. The highest BCUT2D eigenvalue weighted by Gasteiger charge is 2.58. The first-order valence-corrected chi connectivity index (χ1v) is 16.3. The highest BCUT2D eigenvalue weighted by molar-refractivity contribution is 7.92. The maximum Gasteiger partial charge on any atom is 0.458 e. The summed E-state index contributed by atoms with van der Waals surface area (Å²) in [4.78, 5) is 15.2.